The third-order valence-corrected chi connectivity index (χ3v) is 7.13. The topological polar surface area (TPSA) is 81.7 Å². The monoisotopic (exact) mass is 369 g/mol. The smallest absolute Gasteiger partial charge is 0.250 e. The lowest BCUT2D eigenvalue weighted by Gasteiger charge is -2.37. The Morgan fingerprint density at radius 2 is 1.96 bits per heavy atom. The molecule has 27 heavy (non-hydrogen) atoms. The molecule has 3 heterocycles. The number of fused-ring (bicyclic) bond motifs is 4. The summed E-state index contributed by atoms with van der Waals surface area (Å²) in [6.45, 7) is 0.867. The van der Waals surface area contributed by atoms with Crippen LogP contribution in [0.25, 0.3) is 0 Å². The fourth-order valence-electron chi connectivity index (χ4n) is 5.90. The Kier molecular flexibility index (Phi) is 4.02. The fraction of sp³-hybridized carbons (Fsp3) is 0.619. The van der Waals surface area contributed by atoms with Crippen LogP contribution in [0.15, 0.2) is 24.3 Å². The molecule has 1 aromatic carbocycles. The standard InChI is InChI=1S/C21H27N3O3/c25-15-9-7-13(8-10-15)22-19(26)17-12-14-4-3-11-24(14)21(17)16-5-1-2-6-18(16)23-20(21)27/h1-2,5-6,13-15,17,25H,3-4,7-12H2,(H,22,26)(H,23,27)/t13?,14-,15?,17-,21+/m1/s1. The Morgan fingerprint density at radius 1 is 1.19 bits per heavy atom. The van der Waals surface area contributed by atoms with E-state index in [9.17, 15) is 14.7 Å². The minimum absolute atomic E-state index is 0.00218. The van der Waals surface area contributed by atoms with E-state index in [2.05, 4.69) is 15.5 Å². The van der Waals surface area contributed by atoms with Crippen molar-refractivity contribution in [1.82, 2.24) is 10.2 Å². The van der Waals surface area contributed by atoms with Gasteiger partial charge in [-0.05, 0) is 57.6 Å². The Morgan fingerprint density at radius 3 is 2.78 bits per heavy atom. The number of amides is 2. The Labute approximate surface area is 159 Å². The summed E-state index contributed by atoms with van der Waals surface area (Å²) in [6, 6.07) is 8.23. The van der Waals surface area contributed by atoms with Crippen LogP contribution in [0.1, 0.15) is 50.5 Å². The van der Waals surface area contributed by atoms with E-state index in [0.717, 1.165) is 62.7 Å². The van der Waals surface area contributed by atoms with Crippen molar-refractivity contribution in [3.8, 4) is 0 Å². The van der Waals surface area contributed by atoms with Gasteiger partial charge in [0, 0.05) is 23.3 Å². The SMILES string of the molecule is O=C(NC1CCC(O)CC1)[C@H]1C[C@H]2CCCN2[C@]12C(=O)Nc1ccccc12. The molecule has 2 saturated heterocycles. The van der Waals surface area contributed by atoms with Crippen molar-refractivity contribution in [3.63, 3.8) is 0 Å². The minimum atomic E-state index is -0.865. The summed E-state index contributed by atoms with van der Waals surface area (Å²) in [5.41, 5.74) is 0.933. The molecule has 0 unspecified atom stereocenters. The third-order valence-electron chi connectivity index (χ3n) is 7.13. The van der Waals surface area contributed by atoms with E-state index in [1.54, 1.807) is 0 Å². The minimum Gasteiger partial charge on any atom is -0.393 e. The molecule has 2 amide bonds. The lowest BCUT2D eigenvalue weighted by Crippen LogP contribution is -2.55. The number of anilines is 1. The predicted molar refractivity (Wildman–Crippen MR) is 101 cm³/mol. The van der Waals surface area contributed by atoms with Crippen LogP contribution in [0, 0.1) is 5.92 Å². The summed E-state index contributed by atoms with van der Waals surface area (Å²) in [5, 5.41) is 16.0. The number of nitrogens with zero attached hydrogens (tertiary/aromatic N) is 1. The van der Waals surface area contributed by atoms with Crippen molar-refractivity contribution in [2.75, 3.05) is 11.9 Å². The third kappa shape index (κ3) is 2.46. The van der Waals surface area contributed by atoms with Crippen LogP contribution in [-0.2, 0) is 15.1 Å². The second kappa shape index (κ2) is 6.31. The van der Waals surface area contributed by atoms with Gasteiger partial charge in [-0.2, -0.15) is 0 Å². The molecule has 0 aromatic heterocycles. The molecule has 3 fully saturated rings. The van der Waals surface area contributed by atoms with Gasteiger partial charge in [0.25, 0.3) is 0 Å². The van der Waals surface area contributed by atoms with Crippen LogP contribution < -0.4 is 10.6 Å². The molecule has 1 aliphatic carbocycles. The summed E-state index contributed by atoms with van der Waals surface area (Å²) < 4.78 is 0. The van der Waals surface area contributed by atoms with E-state index in [0.29, 0.717) is 6.04 Å². The molecule has 1 spiro atoms. The summed E-state index contributed by atoms with van der Waals surface area (Å²) in [4.78, 5) is 28.9. The molecule has 144 valence electrons. The maximum absolute atomic E-state index is 13.4. The maximum atomic E-state index is 13.4. The van der Waals surface area contributed by atoms with Crippen molar-refractivity contribution in [3.05, 3.63) is 29.8 Å². The molecule has 5 rings (SSSR count). The highest BCUT2D eigenvalue weighted by Crippen LogP contribution is 2.55. The second-order valence-corrected chi connectivity index (χ2v) is 8.56. The van der Waals surface area contributed by atoms with Gasteiger partial charge in [0.05, 0.1) is 12.0 Å². The van der Waals surface area contributed by atoms with Gasteiger partial charge in [-0.1, -0.05) is 18.2 Å². The molecule has 3 atom stereocenters. The van der Waals surface area contributed by atoms with Crippen LogP contribution in [0.3, 0.4) is 0 Å². The molecule has 4 aliphatic rings. The van der Waals surface area contributed by atoms with Crippen molar-refractivity contribution < 1.29 is 14.7 Å². The molecular weight excluding hydrogens is 342 g/mol. The van der Waals surface area contributed by atoms with Crippen molar-refractivity contribution >= 4 is 17.5 Å². The van der Waals surface area contributed by atoms with Gasteiger partial charge in [-0.25, -0.2) is 0 Å². The Balaban J connectivity index is 1.48. The Hall–Kier alpha value is -1.92. The van der Waals surface area contributed by atoms with Crippen molar-refractivity contribution in [1.29, 1.82) is 0 Å². The van der Waals surface area contributed by atoms with Crippen LogP contribution in [0.2, 0.25) is 0 Å². The highest BCUT2D eigenvalue weighted by molar-refractivity contribution is 6.09. The number of benzene rings is 1. The van der Waals surface area contributed by atoms with Gasteiger partial charge in [0.1, 0.15) is 5.54 Å². The van der Waals surface area contributed by atoms with Crippen LogP contribution in [-0.4, -0.2) is 46.6 Å². The number of rotatable bonds is 2. The van der Waals surface area contributed by atoms with Gasteiger partial charge >= 0.3 is 0 Å². The van der Waals surface area contributed by atoms with Crippen molar-refractivity contribution in [2.45, 2.75) is 68.7 Å². The van der Waals surface area contributed by atoms with E-state index >= 15 is 0 Å². The van der Waals surface area contributed by atoms with Crippen LogP contribution >= 0.6 is 0 Å². The van der Waals surface area contributed by atoms with Gasteiger partial charge in [0.2, 0.25) is 11.8 Å². The first-order valence-corrected chi connectivity index (χ1v) is 10.3. The van der Waals surface area contributed by atoms with Gasteiger partial charge in [0.15, 0.2) is 0 Å². The maximum Gasteiger partial charge on any atom is 0.250 e. The normalized spacial score (nSPS) is 37.9. The average Bonchev–Trinajstić information content (AvgIpc) is 3.32. The van der Waals surface area contributed by atoms with Crippen LogP contribution in [0.4, 0.5) is 5.69 Å². The van der Waals surface area contributed by atoms with Crippen LogP contribution in [0.5, 0.6) is 0 Å². The largest absolute Gasteiger partial charge is 0.393 e. The number of aliphatic hydroxyl groups excluding tert-OH is 1. The van der Waals surface area contributed by atoms with E-state index in [1.807, 2.05) is 24.3 Å². The lowest BCUT2D eigenvalue weighted by atomic mass is 9.78. The molecule has 0 radical (unpaired) electrons. The highest BCUT2D eigenvalue weighted by atomic mass is 16.3. The predicted octanol–water partition coefficient (Wildman–Crippen LogP) is 1.74. The number of nitrogens with one attached hydrogen (secondary N) is 2. The number of carbonyl (C=O) groups is 2. The van der Waals surface area contributed by atoms with E-state index in [-0.39, 0.29) is 29.9 Å². The molecule has 6 heteroatoms. The molecular formula is C21H27N3O3. The first-order chi connectivity index (χ1) is 13.1. The van der Waals surface area contributed by atoms with E-state index < -0.39 is 5.54 Å². The first-order valence-electron chi connectivity index (χ1n) is 10.3. The van der Waals surface area contributed by atoms with Gasteiger partial charge in [-0.3, -0.25) is 14.5 Å². The number of hydrogen-bond donors (Lipinski definition) is 3. The Bertz CT molecular complexity index is 774. The van der Waals surface area contributed by atoms with E-state index in [1.165, 1.54) is 0 Å². The molecule has 3 N–H and O–H groups in total. The number of para-hydroxylation sites is 1. The number of aliphatic hydroxyl groups is 1. The quantitative estimate of drug-likeness (QED) is 0.742. The zero-order valence-electron chi connectivity index (χ0n) is 15.5. The zero-order valence-corrected chi connectivity index (χ0v) is 15.5. The number of carbonyl (C=O) groups excluding carboxylic acids is 2. The molecule has 6 nitrogen and oxygen atoms in total. The summed E-state index contributed by atoms with van der Waals surface area (Å²) in [5.74, 6) is -0.414. The number of hydrogen-bond acceptors (Lipinski definition) is 4. The average molecular weight is 369 g/mol. The molecule has 3 aliphatic heterocycles. The first kappa shape index (κ1) is 17.2. The van der Waals surface area contributed by atoms with E-state index in [4.69, 9.17) is 0 Å². The zero-order chi connectivity index (χ0) is 18.6. The lowest BCUT2D eigenvalue weighted by molar-refractivity contribution is -0.138. The van der Waals surface area contributed by atoms with Gasteiger partial charge < -0.3 is 15.7 Å². The summed E-state index contributed by atoms with van der Waals surface area (Å²) in [6.07, 6.45) is 5.72. The van der Waals surface area contributed by atoms with Crippen molar-refractivity contribution in [2.24, 2.45) is 5.92 Å². The van der Waals surface area contributed by atoms with Gasteiger partial charge in [-0.15, -0.1) is 0 Å². The molecule has 1 aromatic rings. The highest BCUT2D eigenvalue weighted by Gasteiger charge is 2.65. The molecule has 0 bridgehead atoms. The fourth-order valence-corrected chi connectivity index (χ4v) is 5.90. The molecule has 1 saturated carbocycles. The second-order valence-electron chi connectivity index (χ2n) is 8.56. The summed E-state index contributed by atoms with van der Waals surface area (Å²) in [7, 11) is 0. The summed E-state index contributed by atoms with van der Waals surface area (Å²) >= 11 is 0.